The molecular formula is C51H28N6. The van der Waals surface area contributed by atoms with Gasteiger partial charge >= 0.3 is 0 Å². The number of hydrogen-bond acceptors (Lipinski definition) is 3. The molecule has 0 atom stereocenters. The molecule has 8 aromatic carbocycles. The standard InChI is InChI=1S/C51H28N6/c52-29-32-24-36(56-45-18-8-4-14-38(45)39-15-5-9-19-46(39)56)22-23-37(32)42-25-34(31-54)49(26-33(42)30-53)57-48-21-11-7-17-41(48)44-27-43-40-16-6-10-20-47(40)55(50(43)28-51(44)57)35-12-2-1-3-13-35/h1-28H. The summed E-state index contributed by atoms with van der Waals surface area (Å²) in [6, 6.07) is 64.6. The minimum absolute atomic E-state index is 0.371. The van der Waals surface area contributed by atoms with E-state index >= 15 is 0 Å². The van der Waals surface area contributed by atoms with E-state index in [2.05, 4.69) is 117 Å². The van der Waals surface area contributed by atoms with Gasteiger partial charge in [0, 0.05) is 54.8 Å². The molecule has 0 saturated heterocycles. The minimum Gasteiger partial charge on any atom is -0.309 e. The summed E-state index contributed by atoms with van der Waals surface area (Å²) < 4.78 is 6.56. The monoisotopic (exact) mass is 724 g/mol. The van der Waals surface area contributed by atoms with Crippen LogP contribution < -0.4 is 0 Å². The van der Waals surface area contributed by atoms with Gasteiger partial charge < -0.3 is 13.7 Å². The lowest BCUT2D eigenvalue weighted by Gasteiger charge is -2.15. The van der Waals surface area contributed by atoms with Gasteiger partial charge in [-0.15, -0.1) is 0 Å². The van der Waals surface area contributed by atoms with Crippen molar-refractivity contribution in [3.63, 3.8) is 0 Å². The molecule has 11 rings (SSSR count). The zero-order valence-corrected chi connectivity index (χ0v) is 30.3. The summed E-state index contributed by atoms with van der Waals surface area (Å²) in [5.74, 6) is 0. The first-order valence-electron chi connectivity index (χ1n) is 18.7. The second-order valence-corrected chi connectivity index (χ2v) is 14.3. The molecule has 6 heteroatoms. The number of nitrogens with zero attached hydrogens (tertiary/aromatic N) is 6. The first-order chi connectivity index (χ1) is 28.2. The van der Waals surface area contributed by atoms with E-state index < -0.39 is 0 Å². The van der Waals surface area contributed by atoms with Crippen molar-refractivity contribution >= 4 is 65.4 Å². The number of aromatic nitrogens is 3. The van der Waals surface area contributed by atoms with Crippen molar-refractivity contribution < 1.29 is 0 Å². The first-order valence-corrected chi connectivity index (χ1v) is 18.7. The average Bonchev–Trinajstić information content (AvgIpc) is 3.90. The van der Waals surface area contributed by atoms with Crippen LogP contribution in [0.4, 0.5) is 0 Å². The van der Waals surface area contributed by atoms with Gasteiger partial charge in [0.25, 0.3) is 0 Å². The molecule has 0 N–H and O–H groups in total. The summed E-state index contributed by atoms with van der Waals surface area (Å²) in [6.07, 6.45) is 0. The zero-order valence-electron chi connectivity index (χ0n) is 30.3. The Morgan fingerprint density at radius 2 is 0.754 bits per heavy atom. The molecule has 0 aliphatic heterocycles. The average molecular weight is 725 g/mol. The normalized spacial score (nSPS) is 11.5. The van der Waals surface area contributed by atoms with Crippen molar-refractivity contribution in [2.75, 3.05) is 0 Å². The lowest BCUT2D eigenvalue weighted by molar-refractivity contribution is 1.15. The Kier molecular flexibility index (Phi) is 6.95. The molecule has 3 heterocycles. The summed E-state index contributed by atoms with van der Waals surface area (Å²) in [4.78, 5) is 0. The number of nitriles is 3. The third-order valence-electron chi connectivity index (χ3n) is 11.4. The number of para-hydroxylation sites is 5. The lowest BCUT2D eigenvalue weighted by Crippen LogP contribution is -2.02. The van der Waals surface area contributed by atoms with Crippen LogP contribution in [0.1, 0.15) is 16.7 Å². The van der Waals surface area contributed by atoms with Crippen molar-refractivity contribution in [1.29, 1.82) is 15.8 Å². The van der Waals surface area contributed by atoms with Crippen molar-refractivity contribution in [3.8, 4) is 46.4 Å². The number of hydrogen-bond donors (Lipinski definition) is 0. The molecule has 11 aromatic rings. The highest BCUT2D eigenvalue weighted by Gasteiger charge is 2.22. The largest absolute Gasteiger partial charge is 0.309 e. The molecule has 57 heavy (non-hydrogen) atoms. The Bertz CT molecular complexity index is 3560. The molecular weight excluding hydrogens is 697 g/mol. The molecule has 0 aliphatic carbocycles. The van der Waals surface area contributed by atoms with Crippen molar-refractivity contribution in [2.24, 2.45) is 0 Å². The van der Waals surface area contributed by atoms with Crippen LogP contribution in [0.25, 0.3) is 93.6 Å². The van der Waals surface area contributed by atoms with Crippen LogP contribution in [-0.4, -0.2) is 13.7 Å². The second-order valence-electron chi connectivity index (χ2n) is 14.3. The Balaban J connectivity index is 1.14. The molecule has 0 spiro atoms. The fraction of sp³-hybridized carbons (Fsp3) is 0. The van der Waals surface area contributed by atoms with E-state index in [0.717, 1.165) is 76.8 Å². The maximum atomic E-state index is 10.8. The maximum Gasteiger partial charge on any atom is 0.101 e. The van der Waals surface area contributed by atoms with E-state index in [9.17, 15) is 15.8 Å². The van der Waals surface area contributed by atoms with E-state index in [1.807, 2.05) is 72.8 Å². The number of rotatable bonds is 4. The molecule has 0 aliphatic rings. The van der Waals surface area contributed by atoms with Gasteiger partial charge in [0.15, 0.2) is 0 Å². The van der Waals surface area contributed by atoms with Gasteiger partial charge in [-0.3, -0.25) is 0 Å². The van der Waals surface area contributed by atoms with Gasteiger partial charge in [0.05, 0.1) is 67.6 Å². The van der Waals surface area contributed by atoms with Crippen molar-refractivity contribution in [2.45, 2.75) is 0 Å². The summed E-state index contributed by atoms with van der Waals surface area (Å²) >= 11 is 0. The van der Waals surface area contributed by atoms with Crippen LogP contribution in [0.15, 0.2) is 170 Å². The first kappa shape index (κ1) is 32.1. The van der Waals surface area contributed by atoms with Crippen LogP contribution >= 0.6 is 0 Å². The van der Waals surface area contributed by atoms with E-state index in [-0.39, 0.29) is 0 Å². The predicted octanol–water partition coefficient (Wildman–Crippen LogP) is 12.3. The Hall–Kier alpha value is -8.37. The third-order valence-corrected chi connectivity index (χ3v) is 11.4. The van der Waals surface area contributed by atoms with E-state index in [1.165, 1.54) is 0 Å². The molecule has 0 fully saturated rings. The summed E-state index contributed by atoms with van der Waals surface area (Å²) in [5, 5.41) is 38.8. The highest BCUT2D eigenvalue weighted by atomic mass is 15.0. The number of benzene rings is 8. The highest BCUT2D eigenvalue weighted by Crippen LogP contribution is 2.42. The van der Waals surface area contributed by atoms with Crippen molar-refractivity contribution in [1.82, 2.24) is 13.7 Å². The van der Waals surface area contributed by atoms with E-state index in [1.54, 1.807) is 12.1 Å². The quantitative estimate of drug-likeness (QED) is 0.181. The van der Waals surface area contributed by atoms with Crippen LogP contribution in [0.5, 0.6) is 0 Å². The van der Waals surface area contributed by atoms with Gasteiger partial charge in [-0.05, 0) is 72.8 Å². The van der Waals surface area contributed by atoms with Crippen LogP contribution in [-0.2, 0) is 0 Å². The predicted molar refractivity (Wildman–Crippen MR) is 229 cm³/mol. The maximum absolute atomic E-state index is 10.8. The molecule has 6 nitrogen and oxygen atoms in total. The fourth-order valence-electron chi connectivity index (χ4n) is 8.92. The van der Waals surface area contributed by atoms with Gasteiger partial charge in [-0.1, -0.05) is 97.1 Å². The number of fused-ring (bicyclic) bond motifs is 9. The van der Waals surface area contributed by atoms with Crippen LogP contribution in [0.3, 0.4) is 0 Å². The smallest absolute Gasteiger partial charge is 0.101 e. The topological polar surface area (TPSA) is 86.2 Å². The molecule has 0 radical (unpaired) electrons. The third kappa shape index (κ3) is 4.61. The highest BCUT2D eigenvalue weighted by molar-refractivity contribution is 6.19. The molecule has 0 bridgehead atoms. The molecule has 0 amide bonds. The van der Waals surface area contributed by atoms with Crippen LogP contribution in [0.2, 0.25) is 0 Å². The van der Waals surface area contributed by atoms with E-state index in [4.69, 9.17) is 0 Å². The van der Waals surface area contributed by atoms with Gasteiger partial charge in [0.2, 0.25) is 0 Å². The Morgan fingerprint density at radius 1 is 0.298 bits per heavy atom. The zero-order chi connectivity index (χ0) is 38.2. The van der Waals surface area contributed by atoms with Crippen molar-refractivity contribution in [3.05, 3.63) is 187 Å². The Labute approximate surface area is 326 Å². The van der Waals surface area contributed by atoms with Gasteiger partial charge in [-0.25, -0.2) is 0 Å². The molecule has 0 saturated carbocycles. The SMILES string of the molecule is N#Cc1cc(-n2c3ccccc3c3ccccc32)ccc1-c1cc(C#N)c(-n2c3ccccc3c3cc4c5ccccc5n(-c5ccccc5)c4cc32)cc1C#N. The summed E-state index contributed by atoms with van der Waals surface area (Å²) in [5.41, 5.74) is 10.9. The molecule has 0 unspecified atom stereocenters. The van der Waals surface area contributed by atoms with Gasteiger partial charge in [0.1, 0.15) is 6.07 Å². The molecule has 262 valence electrons. The van der Waals surface area contributed by atoms with Gasteiger partial charge in [-0.2, -0.15) is 15.8 Å². The van der Waals surface area contributed by atoms with Crippen LogP contribution in [0, 0.1) is 34.0 Å². The summed E-state index contributed by atoms with van der Waals surface area (Å²) in [7, 11) is 0. The molecule has 3 aromatic heterocycles. The Morgan fingerprint density at radius 3 is 1.32 bits per heavy atom. The van der Waals surface area contributed by atoms with E-state index in [0.29, 0.717) is 33.5 Å². The summed E-state index contributed by atoms with van der Waals surface area (Å²) in [6.45, 7) is 0. The minimum atomic E-state index is 0.371. The fourth-order valence-corrected chi connectivity index (χ4v) is 8.92. The second kappa shape index (κ2) is 12.3. The lowest BCUT2D eigenvalue weighted by atomic mass is 9.93.